The van der Waals surface area contributed by atoms with E-state index in [4.69, 9.17) is 4.74 Å². The van der Waals surface area contributed by atoms with Gasteiger partial charge in [-0.3, -0.25) is 0 Å². The molecule has 0 aliphatic rings. The maximum atomic E-state index is 5.73. The molecule has 1 N–H and O–H groups in total. The molecule has 2 rings (SSSR count). The smallest absolute Gasteiger partial charge is 0.223 e. The first-order chi connectivity index (χ1) is 9.60. The van der Waals surface area contributed by atoms with Crippen LogP contribution in [0.3, 0.4) is 0 Å². The maximum absolute atomic E-state index is 5.73. The third kappa shape index (κ3) is 3.47. The number of hydrogen-bond donors (Lipinski definition) is 1. The third-order valence-corrected chi connectivity index (χ3v) is 2.79. The number of nitrogens with zero attached hydrogens (tertiary/aromatic N) is 2. The molecule has 106 valence electrons. The second-order valence-corrected chi connectivity index (χ2v) is 4.95. The van der Waals surface area contributed by atoms with Crippen LogP contribution < -0.4 is 10.1 Å². The molecule has 0 unspecified atom stereocenters. The number of hydrogen-bond acceptors (Lipinski definition) is 4. The van der Waals surface area contributed by atoms with Crippen molar-refractivity contribution in [3.63, 3.8) is 0 Å². The molecule has 20 heavy (non-hydrogen) atoms. The molecule has 0 aliphatic heterocycles. The molecule has 0 saturated heterocycles. The maximum Gasteiger partial charge on any atom is 0.223 e. The molecule has 0 bridgehead atoms. The van der Waals surface area contributed by atoms with Crippen molar-refractivity contribution in [3.8, 4) is 17.0 Å². The van der Waals surface area contributed by atoms with Gasteiger partial charge in [0.15, 0.2) is 0 Å². The van der Waals surface area contributed by atoms with Crippen LogP contribution in [0.5, 0.6) is 5.75 Å². The van der Waals surface area contributed by atoms with E-state index in [0.717, 1.165) is 29.1 Å². The highest BCUT2D eigenvalue weighted by molar-refractivity contribution is 5.65. The first kappa shape index (κ1) is 14.3. The SMILES string of the molecule is CCNc1ncc(C)c(-c2cccc(OC(C)C)c2)n1. The van der Waals surface area contributed by atoms with Gasteiger partial charge < -0.3 is 10.1 Å². The van der Waals surface area contributed by atoms with Crippen molar-refractivity contribution in [2.75, 3.05) is 11.9 Å². The van der Waals surface area contributed by atoms with Gasteiger partial charge in [-0.25, -0.2) is 9.97 Å². The van der Waals surface area contributed by atoms with Gasteiger partial charge in [-0.05, 0) is 45.4 Å². The number of rotatable bonds is 5. The van der Waals surface area contributed by atoms with Gasteiger partial charge in [0.25, 0.3) is 0 Å². The van der Waals surface area contributed by atoms with Gasteiger partial charge in [-0.15, -0.1) is 0 Å². The predicted molar refractivity (Wildman–Crippen MR) is 82.1 cm³/mol. The van der Waals surface area contributed by atoms with Crippen LogP contribution in [0.1, 0.15) is 26.3 Å². The van der Waals surface area contributed by atoms with E-state index < -0.39 is 0 Å². The Kier molecular flexibility index (Phi) is 4.56. The summed E-state index contributed by atoms with van der Waals surface area (Å²) in [6.45, 7) is 8.89. The molecule has 4 nitrogen and oxygen atoms in total. The van der Waals surface area contributed by atoms with Crippen LogP contribution in [0.25, 0.3) is 11.3 Å². The molecular formula is C16H21N3O. The van der Waals surface area contributed by atoms with Crippen LogP contribution in [0.15, 0.2) is 30.5 Å². The molecule has 0 saturated carbocycles. The van der Waals surface area contributed by atoms with Gasteiger partial charge in [0.1, 0.15) is 5.75 Å². The molecule has 1 heterocycles. The highest BCUT2D eigenvalue weighted by Crippen LogP contribution is 2.26. The average Bonchev–Trinajstić information content (AvgIpc) is 2.41. The van der Waals surface area contributed by atoms with E-state index in [1.807, 2.05) is 58.2 Å². The van der Waals surface area contributed by atoms with Gasteiger partial charge in [0.2, 0.25) is 5.95 Å². The zero-order valence-corrected chi connectivity index (χ0v) is 12.5. The quantitative estimate of drug-likeness (QED) is 0.901. The summed E-state index contributed by atoms with van der Waals surface area (Å²) in [4.78, 5) is 8.85. The van der Waals surface area contributed by atoms with Crippen molar-refractivity contribution in [1.82, 2.24) is 9.97 Å². The van der Waals surface area contributed by atoms with E-state index in [2.05, 4.69) is 15.3 Å². The van der Waals surface area contributed by atoms with Crippen molar-refractivity contribution in [2.45, 2.75) is 33.8 Å². The molecule has 0 amide bonds. The summed E-state index contributed by atoms with van der Waals surface area (Å²) < 4.78 is 5.73. The topological polar surface area (TPSA) is 47.0 Å². The summed E-state index contributed by atoms with van der Waals surface area (Å²) in [5.41, 5.74) is 3.03. The lowest BCUT2D eigenvalue weighted by Gasteiger charge is -2.12. The monoisotopic (exact) mass is 271 g/mol. The Morgan fingerprint density at radius 1 is 1.30 bits per heavy atom. The molecule has 0 spiro atoms. The Hall–Kier alpha value is -2.10. The van der Waals surface area contributed by atoms with Crippen LogP contribution in [0.2, 0.25) is 0 Å². The number of benzene rings is 1. The summed E-state index contributed by atoms with van der Waals surface area (Å²) in [6.07, 6.45) is 2.00. The van der Waals surface area contributed by atoms with Crippen LogP contribution in [0.4, 0.5) is 5.95 Å². The Balaban J connectivity index is 2.37. The lowest BCUT2D eigenvalue weighted by Crippen LogP contribution is -2.06. The molecule has 1 aromatic heterocycles. The van der Waals surface area contributed by atoms with Gasteiger partial charge in [0, 0.05) is 18.3 Å². The standard InChI is InChI=1S/C16H21N3O/c1-5-17-16-18-10-12(4)15(19-16)13-7-6-8-14(9-13)20-11(2)3/h6-11H,5H2,1-4H3,(H,17,18,19). The van der Waals surface area contributed by atoms with E-state index in [0.29, 0.717) is 5.95 Å². The van der Waals surface area contributed by atoms with Gasteiger partial charge in [0.05, 0.1) is 11.8 Å². The average molecular weight is 271 g/mol. The Bertz CT molecular complexity index is 582. The highest BCUT2D eigenvalue weighted by atomic mass is 16.5. The summed E-state index contributed by atoms with van der Waals surface area (Å²) in [5.74, 6) is 1.52. The Morgan fingerprint density at radius 3 is 2.80 bits per heavy atom. The zero-order valence-electron chi connectivity index (χ0n) is 12.5. The minimum atomic E-state index is 0.161. The minimum absolute atomic E-state index is 0.161. The first-order valence-corrected chi connectivity index (χ1v) is 6.94. The highest BCUT2D eigenvalue weighted by Gasteiger charge is 2.08. The molecule has 4 heteroatoms. The molecule has 0 aliphatic carbocycles. The van der Waals surface area contributed by atoms with Crippen molar-refractivity contribution in [1.29, 1.82) is 0 Å². The van der Waals surface area contributed by atoms with E-state index in [9.17, 15) is 0 Å². The summed E-state index contributed by atoms with van der Waals surface area (Å²) in [7, 11) is 0. The van der Waals surface area contributed by atoms with Crippen molar-refractivity contribution >= 4 is 5.95 Å². The number of anilines is 1. The van der Waals surface area contributed by atoms with Gasteiger partial charge >= 0.3 is 0 Å². The summed E-state index contributed by atoms with van der Waals surface area (Å²) in [6, 6.07) is 8.01. The number of aromatic nitrogens is 2. The van der Waals surface area contributed by atoms with Crippen LogP contribution in [-0.4, -0.2) is 22.6 Å². The van der Waals surface area contributed by atoms with Crippen LogP contribution in [0, 0.1) is 6.92 Å². The fourth-order valence-electron chi connectivity index (χ4n) is 1.97. The summed E-state index contributed by atoms with van der Waals surface area (Å²) in [5, 5.41) is 3.14. The van der Waals surface area contributed by atoms with Crippen LogP contribution in [-0.2, 0) is 0 Å². The number of aryl methyl sites for hydroxylation is 1. The normalized spacial score (nSPS) is 10.7. The second-order valence-electron chi connectivity index (χ2n) is 4.95. The van der Waals surface area contributed by atoms with Gasteiger partial charge in [-0.1, -0.05) is 12.1 Å². The number of nitrogens with one attached hydrogen (secondary N) is 1. The minimum Gasteiger partial charge on any atom is -0.491 e. The van der Waals surface area contributed by atoms with E-state index in [1.54, 1.807) is 0 Å². The molecule has 2 aromatic rings. The Morgan fingerprint density at radius 2 is 2.10 bits per heavy atom. The first-order valence-electron chi connectivity index (χ1n) is 6.94. The lowest BCUT2D eigenvalue weighted by atomic mass is 10.1. The number of ether oxygens (including phenoxy) is 1. The molecule has 0 fully saturated rings. The van der Waals surface area contributed by atoms with Crippen LogP contribution >= 0.6 is 0 Å². The fourth-order valence-corrected chi connectivity index (χ4v) is 1.97. The second kappa shape index (κ2) is 6.37. The molecular weight excluding hydrogens is 250 g/mol. The van der Waals surface area contributed by atoms with Crippen molar-refractivity contribution < 1.29 is 4.74 Å². The van der Waals surface area contributed by atoms with E-state index in [-0.39, 0.29) is 6.10 Å². The molecule has 1 aromatic carbocycles. The third-order valence-electron chi connectivity index (χ3n) is 2.79. The van der Waals surface area contributed by atoms with E-state index in [1.165, 1.54) is 0 Å². The fraction of sp³-hybridized carbons (Fsp3) is 0.375. The zero-order chi connectivity index (χ0) is 14.5. The Labute approximate surface area is 120 Å². The van der Waals surface area contributed by atoms with Crippen molar-refractivity contribution in [3.05, 3.63) is 36.0 Å². The molecule has 0 atom stereocenters. The van der Waals surface area contributed by atoms with Crippen molar-refractivity contribution in [2.24, 2.45) is 0 Å². The largest absolute Gasteiger partial charge is 0.491 e. The summed E-state index contributed by atoms with van der Waals surface area (Å²) >= 11 is 0. The van der Waals surface area contributed by atoms with Gasteiger partial charge in [-0.2, -0.15) is 0 Å². The van der Waals surface area contributed by atoms with E-state index >= 15 is 0 Å². The predicted octanol–water partition coefficient (Wildman–Crippen LogP) is 3.67. The lowest BCUT2D eigenvalue weighted by molar-refractivity contribution is 0.242. The molecule has 0 radical (unpaired) electrons.